The summed E-state index contributed by atoms with van der Waals surface area (Å²) in [6.07, 6.45) is 6.95. The van der Waals surface area contributed by atoms with Crippen molar-refractivity contribution in [3.63, 3.8) is 0 Å². The summed E-state index contributed by atoms with van der Waals surface area (Å²) in [5.74, 6) is 1.58. The summed E-state index contributed by atoms with van der Waals surface area (Å²) < 4.78 is 5.88. The normalized spacial score (nSPS) is 31.7. The molecule has 138 valence electrons. The van der Waals surface area contributed by atoms with Gasteiger partial charge in [-0.2, -0.15) is 0 Å². The van der Waals surface area contributed by atoms with Gasteiger partial charge in [0.05, 0.1) is 19.3 Å². The molecule has 1 saturated heterocycles. The first-order valence-electron chi connectivity index (χ1n) is 9.71. The number of likely N-dealkylation sites (N-methyl/N-ethyl adjacent to an activating group) is 1. The summed E-state index contributed by atoms with van der Waals surface area (Å²) >= 11 is 0. The lowest BCUT2D eigenvalue weighted by molar-refractivity contribution is -0.0272. The Hall–Kier alpha value is -0.420. The highest BCUT2D eigenvalue weighted by atomic mass is 16.5. The van der Waals surface area contributed by atoms with Crippen LogP contribution in [0.15, 0.2) is 11.6 Å². The summed E-state index contributed by atoms with van der Waals surface area (Å²) in [7, 11) is 4.32. The molecule has 0 spiro atoms. The molecule has 1 heterocycles. The number of aliphatic hydroxyl groups excluding tert-OH is 1. The van der Waals surface area contributed by atoms with Gasteiger partial charge < -0.3 is 19.6 Å². The van der Waals surface area contributed by atoms with Crippen LogP contribution in [0.25, 0.3) is 0 Å². The fourth-order valence-corrected chi connectivity index (χ4v) is 4.92. The topological polar surface area (TPSA) is 35.9 Å². The molecule has 4 aliphatic rings. The third-order valence-corrected chi connectivity index (χ3v) is 6.97. The maximum atomic E-state index is 10.3. The van der Waals surface area contributed by atoms with Gasteiger partial charge in [0.1, 0.15) is 0 Å². The largest absolute Gasteiger partial charge is 0.389 e. The predicted molar refractivity (Wildman–Crippen MR) is 98.1 cm³/mol. The van der Waals surface area contributed by atoms with Crippen molar-refractivity contribution in [3.05, 3.63) is 11.6 Å². The smallest absolute Gasteiger partial charge is 0.0900 e. The molecule has 2 bridgehead atoms. The third kappa shape index (κ3) is 3.87. The number of rotatable bonds is 7. The van der Waals surface area contributed by atoms with Crippen LogP contribution in [0.3, 0.4) is 0 Å². The fourth-order valence-electron chi connectivity index (χ4n) is 4.92. The molecule has 0 radical (unpaired) electrons. The van der Waals surface area contributed by atoms with E-state index in [4.69, 9.17) is 4.74 Å². The van der Waals surface area contributed by atoms with E-state index < -0.39 is 0 Å². The van der Waals surface area contributed by atoms with Gasteiger partial charge in [0.15, 0.2) is 0 Å². The minimum absolute atomic E-state index is 0.388. The maximum absolute atomic E-state index is 10.3. The average Bonchev–Trinajstić information content (AvgIpc) is 2.55. The quantitative estimate of drug-likeness (QED) is 0.724. The second-order valence-electron chi connectivity index (χ2n) is 8.96. The van der Waals surface area contributed by atoms with E-state index in [0.717, 1.165) is 19.0 Å². The number of hydrogen-bond acceptors (Lipinski definition) is 4. The van der Waals surface area contributed by atoms with Crippen molar-refractivity contribution in [3.8, 4) is 0 Å². The van der Waals surface area contributed by atoms with Gasteiger partial charge in [-0.3, -0.25) is 0 Å². The lowest BCUT2D eigenvalue weighted by Crippen LogP contribution is -2.49. The van der Waals surface area contributed by atoms with Gasteiger partial charge in [0.25, 0.3) is 0 Å². The van der Waals surface area contributed by atoms with Crippen LogP contribution in [0.2, 0.25) is 0 Å². The van der Waals surface area contributed by atoms with Gasteiger partial charge in [0.2, 0.25) is 0 Å². The summed E-state index contributed by atoms with van der Waals surface area (Å²) in [6.45, 7) is 8.97. The Labute approximate surface area is 147 Å². The molecule has 3 atom stereocenters. The van der Waals surface area contributed by atoms with Crippen molar-refractivity contribution in [1.82, 2.24) is 9.80 Å². The molecule has 1 N–H and O–H groups in total. The van der Waals surface area contributed by atoms with Crippen LogP contribution in [-0.4, -0.2) is 74.0 Å². The van der Waals surface area contributed by atoms with Crippen LogP contribution in [0.5, 0.6) is 0 Å². The summed E-state index contributed by atoms with van der Waals surface area (Å²) in [4.78, 5) is 4.70. The minimum Gasteiger partial charge on any atom is -0.389 e. The average molecular weight is 337 g/mol. The number of nitrogens with zero attached hydrogens (tertiary/aromatic N) is 2. The monoisotopic (exact) mass is 336 g/mol. The second kappa shape index (κ2) is 7.45. The highest BCUT2D eigenvalue weighted by molar-refractivity contribution is 5.23. The van der Waals surface area contributed by atoms with E-state index in [2.05, 4.69) is 43.8 Å². The van der Waals surface area contributed by atoms with Crippen molar-refractivity contribution in [2.75, 3.05) is 46.9 Å². The number of aliphatic hydroxyl groups is 1. The first-order valence-corrected chi connectivity index (χ1v) is 9.71. The first-order chi connectivity index (χ1) is 11.4. The van der Waals surface area contributed by atoms with Crippen LogP contribution in [0.4, 0.5) is 0 Å². The molecule has 4 rings (SSSR count). The Morgan fingerprint density at radius 3 is 2.71 bits per heavy atom. The molecule has 3 aliphatic carbocycles. The molecule has 24 heavy (non-hydrogen) atoms. The number of hydrogen-bond donors (Lipinski definition) is 1. The predicted octanol–water partition coefficient (Wildman–Crippen LogP) is 2.38. The molecule has 0 amide bonds. The molecule has 0 aromatic carbocycles. The summed E-state index contributed by atoms with van der Waals surface area (Å²) in [5, 5.41) is 10.3. The van der Waals surface area contributed by atoms with Crippen molar-refractivity contribution >= 4 is 0 Å². The molecular weight excluding hydrogens is 300 g/mol. The van der Waals surface area contributed by atoms with Crippen molar-refractivity contribution in [1.29, 1.82) is 0 Å². The van der Waals surface area contributed by atoms with E-state index >= 15 is 0 Å². The lowest BCUT2D eigenvalue weighted by Gasteiger charge is -2.56. The van der Waals surface area contributed by atoms with Crippen LogP contribution in [-0.2, 0) is 4.74 Å². The van der Waals surface area contributed by atoms with Crippen molar-refractivity contribution in [2.24, 2.45) is 17.3 Å². The Morgan fingerprint density at radius 1 is 1.38 bits per heavy atom. The van der Waals surface area contributed by atoms with Crippen molar-refractivity contribution < 1.29 is 9.84 Å². The molecule has 2 fully saturated rings. The molecule has 4 heteroatoms. The van der Waals surface area contributed by atoms with E-state index in [9.17, 15) is 5.11 Å². The Balaban J connectivity index is 1.35. The molecule has 1 aliphatic heterocycles. The standard InChI is InChI=1S/C20H36N2O2/c1-20(2)16-6-5-15(19(20)11-16)13-24-14-18(23)12-22(4)17-7-9-21(3)10-8-17/h5,16-19,23H,6-14H2,1-4H3/t16-,18+,19-/m0/s1. The number of allylic oxidation sites excluding steroid dienone is 1. The van der Waals surface area contributed by atoms with Gasteiger partial charge in [-0.25, -0.2) is 0 Å². The summed E-state index contributed by atoms with van der Waals surface area (Å²) in [5.41, 5.74) is 1.93. The molecule has 1 saturated carbocycles. The molecule has 0 aromatic rings. The van der Waals surface area contributed by atoms with Gasteiger partial charge in [-0.1, -0.05) is 19.9 Å². The van der Waals surface area contributed by atoms with Crippen LogP contribution in [0, 0.1) is 17.3 Å². The zero-order chi connectivity index (χ0) is 17.3. The molecule has 4 nitrogen and oxygen atoms in total. The Morgan fingerprint density at radius 2 is 2.08 bits per heavy atom. The lowest BCUT2D eigenvalue weighted by atomic mass is 9.49. The zero-order valence-corrected chi connectivity index (χ0v) is 16.0. The van der Waals surface area contributed by atoms with Crippen molar-refractivity contribution in [2.45, 2.75) is 51.7 Å². The number of piperidine rings is 1. The second-order valence-corrected chi connectivity index (χ2v) is 8.96. The molecule has 0 aromatic heterocycles. The van der Waals surface area contributed by atoms with Gasteiger partial charge in [0, 0.05) is 12.6 Å². The van der Waals surface area contributed by atoms with Crippen LogP contribution >= 0.6 is 0 Å². The van der Waals surface area contributed by atoms with Crippen LogP contribution < -0.4 is 0 Å². The zero-order valence-electron chi connectivity index (χ0n) is 16.0. The molecular formula is C20H36N2O2. The van der Waals surface area contributed by atoms with Crippen LogP contribution in [0.1, 0.15) is 39.5 Å². The number of ether oxygens (including phenoxy) is 1. The molecule has 0 unspecified atom stereocenters. The third-order valence-electron chi connectivity index (χ3n) is 6.97. The van der Waals surface area contributed by atoms with Gasteiger partial charge >= 0.3 is 0 Å². The first kappa shape index (κ1) is 18.4. The fraction of sp³-hybridized carbons (Fsp3) is 0.900. The summed E-state index contributed by atoms with van der Waals surface area (Å²) in [6, 6.07) is 0.601. The highest BCUT2D eigenvalue weighted by Gasteiger charge is 2.50. The van der Waals surface area contributed by atoms with E-state index in [-0.39, 0.29) is 6.10 Å². The van der Waals surface area contributed by atoms with E-state index in [1.807, 2.05) is 0 Å². The SMILES string of the molecule is CN1CCC(N(C)C[C@@H](O)COCC2=CC[C@H]3C[C@@H]2C3(C)C)CC1. The number of likely N-dealkylation sites (tertiary alicyclic amines) is 1. The highest BCUT2D eigenvalue weighted by Crippen LogP contribution is 2.59. The maximum Gasteiger partial charge on any atom is 0.0900 e. The number of fused-ring (bicyclic) bond motifs is 1. The van der Waals surface area contributed by atoms with Gasteiger partial charge in [-0.05, 0) is 75.7 Å². The minimum atomic E-state index is -0.388. The Kier molecular flexibility index (Phi) is 5.70. The van der Waals surface area contributed by atoms with E-state index in [1.54, 1.807) is 0 Å². The Bertz CT molecular complexity index is 455. The van der Waals surface area contributed by atoms with E-state index in [0.29, 0.717) is 37.1 Å². The van der Waals surface area contributed by atoms with Gasteiger partial charge in [-0.15, -0.1) is 0 Å². The van der Waals surface area contributed by atoms with E-state index in [1.165, 1.54) is 31.3 Å².